The van der Waals surface area contributed by atoms with Gasteiger partial charge in [-0.2, -0.15) is 0 Å². The summed E-state index contributed by atoms with van der Waals surface area (Å²) in [5, 5.41) is 0. The van der Waals surface area contributed by atoms with Crippen LogP contribution in [-0.4, -0.2) is 10.5 Å². The maximum Gasteiger partial charge on any atom is 0.312 e. The Balaban J connectivity index is 2.25. The van der Waals surface area contributed by atoms with Crippen LogP contribution in [0, 0.1) is 6.92 Å². The number of esters is 1. The smallest absolute Gasteiger partial charge is 0.312 e. The van der Waals surface area contributed by atoms with Gasteiger partial charge < -0.3 is 9.30 Å². The third kappa shape index (κ3) is 1.93. The van der Waals surface area contributed by atoms with Crippen LogP contribution in [0.1, 0.15) is 29.2 Å². The minimum atomic E-state index is -0.293. The van der Waals surface area contributed by atoms with Crippen molar-refractivity contribution in [1.82, 2.24) is 4.57 Å². The molecule has 3 rings (SSSR count). The number of carbonyl (C=O) groups excluding carboxylic acids is 1. The molecule has 2 heterocycles. The van der Waals surface area contributed by atoms with E-state index in [2.05, 4.69) is 0 Å². The molecule has 1 aliphatic rings. The fourth-order valence-electron chi connectivity index (χ4n) is 2.62. The van der Waals surface area contributed by atoms with Gasteiger partial charge in [-0.15, -0.1) is 0 Å². The number of fused-ring (bicyclic) bond motifs is 1. The third-order valence-corrected chi connectivity index (χ3v) is 3.81. The van der Waals surface area contributed by atoms with Crippen LogP contribution in [0.25, 0.3) is 0 Å². The van der Waals surface area contributed by atoms with Gasteiger partial charge in [0.25, 0.3) is 5.56 Å². The molecule has 0 saturated heterocycles. The number of nitrogens with zero attached hydrogens (tertiary/aromatic N) is 1. The molecule has 0 spiro atoms. The van der Waals surface area contributed by atoms with Crippen LogP contribution in [0.5, 0.6) is 5.75 Å². The first-order valence-corrected chi connectivity index (χ1v) is 6.54. The highest BCUT2D eigenvalue weighted by Crippen LogP contribution is 2.36. The van der Waals surface area contributed by atoms with Crippen LogP contribution in [0.3, 0.4) is 0 Å². The Kier molecular flexibility index (Phi) is 2.93. The van der Waals surface area contributed by atoms with Crippen molar-refractivity contribution in [2.75, 3.05) is 0 Å². The normalized spacial score (nSPS) is 17.5. The average molecular weight is 269 g/mol. The summed E-state index contributed by atoms with van der Waals surface area (Å²) in [7, 11) is 1.73. The Morgan fingerprint density at radius 2 is 1.90 bits per heavy atom. The first kappa shape index (κ1) is 12.7. The van der Waals surface area contributed by atoms with E-state index >= 15 is 0 Å². The highest BCUT2D eigenvalue weighted by molar-refractivity contribution is 5.77. The van der Waals surface area contributed by atoms with Gasteiger partial charge in [-0.05, 0) is 12.5 Å². The van der Waals surface area contributed by atoms with Gasteiger partial charge in [-0.25, -0.2) is 0 Å². The molecule has 0 saturated carbocycles. The maximum atomic E-state index is 12.5. The van der Waals surface area contributed by atoms with Crippen molar-refractivity contribution >= 4 is 5.97 Å². The largest absolute Gasteiger partial charge is 0.426 e. The van der Waals surface area contributed by atoms with Crippen LogP contribution >= 0.6 is 0 Å². The second-order valence-corrected chi connectivity index (χ2v) is 5.07. The van der Waals surface area contributed by atoms with Crippen molar-refractivity contribution in [2.45, 2.75) is 19.3 Å². The molecule has 0 bridgehead atoms. The molecule has 102 valence electrons. The molecule has 0 fully saturated rings. The molecule has 1 aliphatic heterocycles. The molecule has 0 amide bonds. The Morgan fingerprint density at radius 1 is 1.20 bits per heavy atom. The summed E-state index contributed by atoms with van der Waals surface area (Å²) in [5.74, 6) is -0.124. The zero-order valence-electron chi connectivity index (χ0n) is 11.4. The summed E-state index contributed by atoms with van der Waals surface area (Å²) in [4.78, 5) is 24.3. The van der Waals surface area contributed by atoms with Crippen LogP contribution in [0.4, 0.5) is 0 Å². The highest BCUT2D eigenvalue weighted by Gasteiger charge is 2.31. The van der Waals surface area contributed by atoms with E-state index in [0.717, 1.165) is 11.3 Å². The predicted molar refractivity (Wildman–Crippen MR) is 75.0 cm³/mol. The van der Waals surface area contributed by atoms with E-state index in [4.69, 9.17) is 4.74 Å². The van der Waals surface area contributed by atoms with Crippen LogP contribution in [0.15, 0.2) is 41.2 Å². The van der Waals surface area contributed by atoms with E-state index in [9.17, 15) is 9.59 Å². The lowest BCUT2D eigenvalue weighted by Gasteiger charge is -2.25. The van der Waals surface area contributed by atoms with E-state index in [1.165, 1.54) is 0 Å². The number of benzene rings is 1. The second kappa shape index (κ2) is 4.63. The molecule has 0 radical (unpaired) electrons. The van der Waals surface area contributed by atoms with Gasteiger partial charge in [0.15, 0.2) is 0 Å². The molecule has 0 N–H and O–H groups in total. The van der Waals surface area contributed by atoms with Crippen molar-refractivity contribution in [3.63, 3.8) is 0 Å². The van der Waals surface area contributed by atoms with E-state index in [-0.39, 0.29) is 23.9 Å². The summed E-state index contributed by atoms with van der Waals surface area (Å²) >= 11 is 0. The van der Waals surface area contributed by atoms with Gasteiger partial charge in [0, 0.05) is 24.7 Å². The maximum absolute atomic E-state index is 12.5. The van der Waals surface area contributed by atoms with E-state index < -0.39 is 0 Å². The number of aryl methyl sites for hydroxylation is 1. The minimum Gasteiger partial charge on any atom is -0.426 e. The number of aromatic nitrogens is 1. The molecule has 2 aromatic rings. The third-order valence-electron chi connectivity index (χ3n) is 3.81. The first-order valence-electron chi connectivity index (χ1n) is 6.54. The second-order valence-electron chi connectivity index (χ2n) is 5.07. The van der Waals surface area contributed by atoms with Crippen molar-refractivity contribution < 1.29 is 9.53 Å². The number of hydrogen-bond donors (Lipinski definition) is 0. The number of rotatable bonds is 1. The predicted octanol–water partition coefficient (Wildman–Crippen LogP) is 2.13. The molecule has 20 heavy (non-hydrogen) atoms. The Morgan fingerprint density at radius 3 is 2.60 bits per heavy atom. The standard InChI is InChI=1S/C16H15NO3/c1-10-8-13-15(16(19)17(10)2)12(9-14(18)20-13)11-6-4-3-5-7-11/h3-8,12H,9H2,1-2H3/t12-/m1/s1. The lowest BCUT2D eigenvalue weighted by molar-refractivity contribution is -0.135. The molecular weight excluding hydrogens is 254 g/mol. The molecular formula is C16H15NO3. The topological polar surface area (TPSA) is 48.3 Å². The van der Waals surface area contributed by atoms with Gasteiger partial charge >= 0.3 is 5.97 Å². The zero-order chi connectivity index (χ0) is 14.3. The molecule has 1 aromatic heterocycles. The summed E-state index contributed by atoms with van der Waals surface area (Å²) in [6.07, 6.45) is 0.204. The van der Waals surface area contributed by atoms with Gasteiger partial charge in [0.2, 0.25) is 0 Å². The van der Waals surface area contributed by atoms with Crippen molar-refractivity contribution in [3.05, 3.63) is 63.6 Å². The van der Waals surface area contributed by atoms with Crippen molar-refractivity contribution in [3.8, 4) is 5.75 Å². The van der Waals surface area contributed by atoms with E-state index in [0.29, 0.717) is 11.3 Å². The lowest BCUT2D eigenvalue weighted by atomic mass is 9.87. The van der Waals surface area contributed by atoms with Crippen molar-refractivity contribution in [2.24, 2.45) is 7.05 Å². The monoisotopic (exact) mass is 269 g/mol. The molecule has 0 aliphatic carbocycles. The van der Waals surface area contributed by atoms with Gasteiger partial charge in [0.05, 0.1) is 12.0 Å². The average Bonchev–Trinajstić information content (AvgIpc) is 2.45. The lowest BCUT2D eigenvalue weighted by Crippen LogP contribution is -2.31. The van der Waals surface area contributed by atoms with Crippen LogP contribution in [0.2, 0.25) is 0 Å². The molecule has 1 atom stereocenters. The number of ether oxygens (including phenoxy) is 1. The number of pyridine rings is 1. The summed E-state index contributed by atoms with van der Waals surface area (Å²) < 4.78 is 6.84. The summed E-state index contributed by atoms with van der Waals surface area (Å²) in [6.45, 7) is 1.82. The van der Waals surface area contributed by atoms with Crippen LogP contribution in [-0.2, 0) is 11.8 Å². The molecule has 4 nitrogen and oxygen atoms in total. The van der Waals surface area contributed by atoms with Crippen molar-refractivity contribution in [1.29, 1.82) is 0 Å². The quantitative estimate of drug-likeness (QED) is 0.745. The Hall–Kier alpha value is -2.36. The number of hydrogen-bond acceptors (Lipinski definition) is 3. The Labute approximate surface area is 116 Å². The van der Waals surface area contributed by atoms with Gasteiger partial charge in [-0.1, -0.05) is 30.3 Å². The van der Waals surface area contributed by atoms with E-state index in [1.807, 2.05) is 37.3 Å². The highest BCUT2D eigenvalue weighted by atomic mass is 16.5. The SMILES string of the molecule is Cc1cc2c(c(=O)n1C)[C@@H](c1ccccc1)CC(=O)O2. The molecule has 1 aromatic carbocycles. The van der Waals surface area contributed by atoms with Crippen LogP contribution < -0.4 is 10.3 Å². The fraction of sp³-hybridized carbons (Fsp3) is 0.250. The molecule has 0 unspecified atom stereocenters. The van der Waals surface area contributed by atoms with Gasteiger partial charge in [0.1, 0.15) is 5.75 Å². The van der Waals surface area contributed by atoms with Gasteiger partial charge in [-0.3, -0.25) is 9.59 Å². The first-order chi connectivity index (χ1) is 9.58. The zero-order valence-corrected chi connectivity index (χ0v) is 11.4. The fourth-order valence-corrected chi connectivity index (χ4v) is 2.62. The minimum absolute atomic E-state index is 0.0960. The summed E-state index contributed by atoms with van der Waals surface area (Å²) in [5.41, 5.74) is 2.21. The number of carbonyl (C=O) groups is 1. The summed E-state index contributed by atoms with van der Waals surface area (Å²) in [6, 6.07) is 11.4. The molecule has 4 heteroatoms. The van der Waals surface area contributed by atoms with E-state index in [1.54, 1.807) is 17.7 Å². The Bertz CT molecular complexity index is 731.